The van der Waals surface area contributed by atoms with Crippen molar-refractivity contribution in [3.8, 4) is 0 Å². The SMILES string of the molecule is CCCC1CN(CCC2CCCNC2)C1. The third-order valence-electron chi connectivity index (χ3n) is 3.98. The molecule has 0 saturated carbocycles. The van der Waals surface area contributed by atoms with Crippen LogP contribution in [0.3, 0.4) is 0 Å². The first kappa shape index (κ1) is 11.4. The first-order valence-electron chi connectivity index (χ1n) is 6.81. The molecule has 2 rings (SSSR count). The number of rotatable bonds is 5. The van der Waals surface area contributed by atoms with Gasteiger partial charge in [0, 0.05) is 13.1 Å². The van der Waals surface area contributed by atoms with E-state index >= 15 is 0 Å². The average Bonchev–Trinajstić information content (AvgIpc) is 2.23. The highest BCUT2D eigenvalue weighted by Gasteiger charge is 2.25. The van der Waals surface area contributed by atoms with Crippen molar-refractivity contribution in [3.63, 3.8) is 0 Å². The summed E-state index contributed by atoms with van der Waals surface area (Å²) < 4.78 is 0. The predicted molar refractivity (Wildman–Crippen MR) is 65.0 cm³/mol. The summed E-state index contributed by atoms with van der Waals surface area (Å²) in [5.74, 6) is 1.99. The van der Waals surface area contributed by atoms with E-state index in [1.165, 1.54) is 64.8 Å². The van der Waals surface area contributed by atoms with Gasteiger partial charge >= 0.3 is 0 Å². The van der Waals surface area contributed by atoms with Crippen LogP contribution >= 0.6 is 0 Å². The number of hydrogen-bond acceptors (Lipinski definition) is 2. The number of hydrogen-bond donors (Lipinski definition) is 1. The molecule has 88 valence electrons. The molecule has 2 aliphatic rings. The molecule has 0 spiro atoms. The molecule has 0 aliphatic carbocycles. The first-order chi connectivity index (χ1) is 7.38. The average molecular weight is 210 g/mol. The highest BCUT2D eigenvalue weighted by atomic mass is 15.2. The van der Waals surface area contributed by atoms with Gasteiger partial charge in [0.1, 0.15) is 0 Å². The second-order valence-corrected chi connectivity index (χ2v) is 5.42. The van der Waals surface area contributed by atoms with Crippen molar-refractivity contribution >= 4 is 0 Å². The summed E-state index contributed by atoms with van der Waals surface area (Å²) in [7, 11) is 0. The fourth-order valence-corrected chi connectivity index (χ4v) is 2.99. The second kappa shape index (κ2) is 5.86. The second-order valence-electron chi connectivity index (χ2n) is 5.42. The van der Waals surface area contributed by atoms with Gasteiger partial charge in [-0.2, -0.15) is 0 Å². The van der Waals surface area contributed by atoms with Gasteiger partial charge in [0.2, 0.25) is 0 Å². The fraction of sp³-hybridized carbons (Fsp3) is 1.00. The van der Waals surface area contributed by atoms with Crippen molar-refractivity contribution in [1.29, 1.82) is 0 Å². The topological polar surface area (TPSA) is 15.3 Å². The Bertz CT molecular complexity index is 169. The fourth-order valence-electron chi connectivity index (χ4n) is 2.99. The quantitative estimate of drug-likeness (QED) is 0.747. The largest absolute Gasteiger partial charge is 0.316 e. The Morgan fingerprint density at radius 1 is 1.20 bits per heavy atom. The summed E-state index contributed by atoms with van der Waals surface area (Å²) in [6.45, 7) is 8.94. The molecule has 2 saturated heterocycles. The Kier molecular flexibility index (Phi) is 4.45. The van der Waals surface area contributed by atoms with Crippen molar-refractivity contribution in [2.24, 2.45) is 11.8 Å². The molecular weight excluding hydrogens is 184 g/mol. The molecule has 1 atom stereocenters. The number of piperidine rings is 1. The van der Waals surface area contributed by atoms with E-state index < -0.39 is 0 Å². The van der Waals surface area contributed by atoms with Gasteiger partial charge in [-0.15, -0.1) is 0 Å². The molecule has 0 aromatic heterocycles. The van der Waals surface area contributed by atoms with Crippen LogP contribution in [0, 0.1) is 11.8 Å². The summed E-state index contributed by atoms with van der Waals surface area (Å²) in [6, 6.07) is 0. The van der Waals surface area contributed by atoms with E-state index in [0.29, 0.717) is 0 Å². The normalized spacial score (nSPS) is 29.0. The molecular formula is C13H26N2. The standard InChI is InChI=1S/C13H26N2/c1-2-4-13-10-15(11-13)8-6-12-5-3-7-14-9-12/h12-14H,2-11H2,1H3. The van der Waals surface area contributed by atoms with E-state index in [1.54, 1.807) is 0 Å². The zero-order valence-corrected chi connectivity index (χ0v) is 10.2. The zero-order valence-electron chi connectivity index (χ0n) is 10.2. The highest BCUT2D eigenvalue weighted by molar-refractivity contribution is 4.80. The Morgan fingerprint density at radius 2 is 2.07 bits per heavy atom. The third kappa shape index (κ3) is 3.46. The van der Waals surface area contributed by atoms with E-state index in [1.807, 2.05) is 0 Å². The smallest absolute Gasteiger partial charge is 0.00220 e. The molecule has 1 unspecified atom stereocenters. The van der Waals surface area contributed by atoms with Crippen LogP contribution < -0.4 is 5.32 Å². The molecule has 2 nitrogen and oxygen atoms in total. The lowest BCUT2D eigenvalue weighted by Gasteiger charge is -2.40. The van der Waals surface area contributed by atoms with Gasteiger partial charge in [0.15, 0.2) is 0 Å². The van der Waals surface area contributed by atoms with Crippen LogP contribution in [-0.2, 0) is 0 Å². The zero-order chi connectivity index (χ0) is 10.5. The Balaban J connectivity index is 1.52. The van der Waals surface area contributed by atoms with Gasteiger partial charge < -0.3 is 10.2 Å². The minimum absolute atomic E-state index is 0.962. The van der Waals surface area contributed by atoms with E-state index in [-0.39, 0.29) is 0 Å². The molecule has 15 heavy (non-hydrogen) atoms. The lowest BCUT2D eigenvalue weighted by molar-refractivity contribution is 0.0851. The van der Waals surface area contributed by atoms with Crippen molar-refractivity contribution < 1.29 is 0 Å². The maximum Gasteiger partial charge on any atom is 0.00220 e. The van der Waals surface area contributed by atoms with Gasteiger partial charge in [0.25, 0.3) is 0 Å². The summed E-state index contributed by atoms with van der Waals surface area (Å²) in [6.07, 6.45) is 7.08. The van der Waals surface area contributed by atoms with Gasteiger partial charge in [0.05, 0.1) is 0 Å². The number of nitrogens with one attached hydrogen (secondary N) is 1. The van der Waals surface area contributed by atoms with Crippen LogP contribution in [0.2, 0.25) is 0 Å². The van der Waals surface area contributed by atoms with Gasteiger partial charge in [-0.3, -0.25) is 0 Å². The van der Waals surface area contributed by atoms with Crippen LogP contribution in [0.15, 0.2) is 0 Å². The Morgan fingerprint density at radius 3 is 2.73 bits per heavy atom. The lowest BCUT2D eigenvalue weighted by Crippen LogP contribution is -2.47. The summed E-state index contributed by atoms with van der Waals surface area (Å²) in [5.41, 5.74) is 0. The monoisotopic (exact) mass is 210 g/mol. The maximum atomic E-state index is 3.51. The number of likely N-dealkylation sites (tertiary alicyclic amines) is 1. The first-order valence-corrected chi connectivity index (χ1v) is 6.81. The molecule has 0 aromatic carbocycles. The van der Waals surface area contributed by atoms with Gasteiger partial charge in [-0.25, -0.2) is 0 Å². The Labute approximate surface area is 94.4 Å². The molecule has 2 heteroatoms. The predicted octanol–water partition coefficient (Wildman–Crippen LogP) is 2.11. The highest BCUT2D eigenvalue weighted by Crippen LogP contribution is 2.22. The van der Waals surface area contributed by atoms with E-state index in [4.69, 9.17) is 0 Å². The molecule has 2 fully saturated rings. The third-order valence-corrected chi connectivity index (χ3v) is 3.98. The van der Waals surface area contributed by atoms with Crippen molar-refractivity contribution in [1.82, 2.24) is 10.2 Å². The van der Waals surface area contributed by atoms with Gasteiger partial charge in [-0.1, -0.05) is 13.3 Å². The van der Waals surface area contributed by atoms with Crippen LogP contribution in [0.1, 0.15) is 39.0 Å². The molecule has 0 amide bonds. The maximum absolute atomic E-state index is 3.51. The molecule has 0 aromatic rings. The van der Waals surface area contributed by atoms with E-state index in [2.05, 4.69) is 17.1 Å². The molecule has 1 N–H and O–H groups in total. The van der Waals surface area contributed by atoms with Crippen molar-refractivity contribution in [2.75, 3.05) is 32.7 Å². The van der Waals surface area contributed by atoms with Crippen LogP contribution in [-0.4, -0.2) is 37.6 Å². The molecule has 2 heterocycles. The van der Waals surface area contributed by atoms with E-state index in [0.717, 1.165) is 11.8 Å². The summed E-state index contributed by atoms with van der Waals surface area (Å²) in [4.78, 5) is 2.65. The summed E-state index contributed by atoms with van der Waals surface area (Å²) in [5, 5.41) is 3.51. The number of nitrogens with zero attached hydrogens (tertiary/aromatic N) is 1. The van der Waals surface area contributed by atoms with Crippen molar-refractivity contribution in [3.05, 3.63) is 0 Å². The molecule has 0 bridgehead atoms. The minimum atomic E-state index is 0.962. The van der Waals surface area contributed by atoms with Crippen LogP contribution in [0.5, 0.6) is 0 Å². The van der Waals surface area contributed by atoms with Gasteiger partial charge in [-0.05, 0) is 57.2 Å². The molecule has 2 aliphatic heterocycles. The van der Waals surface area contributed by atoms with Crippen LogP contribution in [0.4, 0.5) is 0 Å². The van der Waals surface area contributed by atoms with E-state index in [9.17, 15) is 0 Å². The Hall–Kier alpha value is -0.0800. The van der Waals surface area contributed by atoms with Crippen molar-refractivity contribution in [2.45, 2.75) is 39.0 Å². The van der Waals surface area contributed by atoms with Crippen LogP contribution in [0.25, 0.3) is 0 Å². The lowest BCUT2D eigenvalue weighted by atomic mass is 9.92. The molecule has 0 radical (unpaired) electrons. The summed E-state index contributed by atoms with van der Waals surface area (Å²) >= 11 is 0. The minimum Gasteiger partial charge on any atom is -0.316 e.